The number of hydrogen-bond donors (Lipinski definition) is 0. The molecule has 4 rings (SSSR count). The Balaban J connectivity index is 1.03. The molecule has 0 aliphatic rings. The van der Waals surface area contributed by atoms with Crippen LogP contribution < -0.4 is 9.47 Å². The number of halogens is 12. The molecule has 14 heteroatoms. The van der Waals surface area contributed by atoms with Gasteiger partial charge >= 0.3 is 12.4 Å². The maximum Gasteiger partial charge on any atom is 0.422 e. The van der Waals surface area contributed by atoms with Crippen LogP contribution in [0.4, 0.5) is 52.7 Å². The van der Waals surface area contributed by atoms with Crippen molar-refractivity contribution in [2.75, 3.05) is 13.2 Å². The average Bonchev–Trinajstić information content (AvgIpc) is 3.13. The summed E-state index contributed by atoms with van der Waals surface area (Å²) in [7, 11) is 0. The molecule has 0 saturated carbocycles. The molecule has 0 aliphatic heterocycles. The molecular formula is C44H46F12O2. The Morgan fingerprint density at radius 1 is 0.448 bits per heavy atom. The van der Waals surface area contributed by atoms with Crippen molar-refractivity contribution >= 4 is 0 Å². The summed E-state index contributed by atoms with van der Waals surface area (Å²) in [5.74, 6) is -7.80. The van der Waals surface area contributed by atoms with E-state index in [0.717, 1.165) is 68.9 Å². The second-order valence-corrected chi connectivity index (χ2v) is 14.4. The smallest absolute Gasteiger partial charge is 0.422 e. The van der Waals surface area contributed by atoms with E-state index < -0.39 is 64.3 Å². The fourth-order valence-corrected chi connectivity index (χ4v) is 6.69. The normalized spacial score (nSPS) is 12.6. The van der Waals surface area contributed by atoms with Crippen LogP contribution in [0.3, 0.4) is 0 Å². The van der Waals surface area contributed by atoms with E-state index in [1.807, 2.05) is 0 Å². The van der Waals surface area contributed by atoms with E-state index in [1.165, 1.54) is 25.1 Å². The van der Waals surface area contributed by atoms with Gasteiger partial charge < -0.3 is 9.47 Å². The second-order valence-electron chi connectivity index (χ2n) is 14.4. The fourth-order valence-electron chi connectivity index (χ4n) is 6.69. The molecule has 0 saturated heterocycles. The third-order valence-electron chi connectivity index (χ3n) is 10.0. The number of rotatable bonds is 22. The van der Waals surface area contributed by atoms with E-state index in [2.05, 4.69) is 0 Å². The van der Waals surface area contributed by atoms with Gasteiger partial charge in [-0.25, -0.2) is 26.3 Å². The molecule has 4 aromatic rings. The van der Waals surface area contributed by atoms with E-state index in [4.69, 9.17) is 9.47 Å². The summed E-state index contributed by atoms with van der Waals surface area (Å²) in [6.07, 6.45) is -1.20. The van der Waals surface area contributed by atoms with Gasteiger partial charge in [0, 0.05) is 28.8 Å². The number of hydrogen-bond acceptors (Lipinski definition) is 2. The van der Waals surface area contributed by atoms with Crippen molar-refractivity contribution in [1.29, 1.82) is 0 Å². The molecule has 0 amide bonds. The number of alkyl halides is 6. The SMILES string of the molecule is Cc1c(F)cc(-c2ccc(OCCCCCCCCC(CCCCCCCCOc3ccc(-c4cc(F)c(C(F)(F)F)c(F)c4)c(F)c3)C(F)(F)F)cc2F)cc1F. The predicted octanol–water partition coefficient (Wildman–Crippen LogP) is 15.3. The first kappa shape index (κ1) is 46.3. The van der Waals surface area contributed by atoms with Crippen LogP contribution in [0.25, 0.3) is 22.3 Å². The van der Waals surface area contributed by atoms with Crippen LogP contribution in [-0.2, 0) is 6.18 Å². The van der Waals surface area contributed by atoms with Gasteiger partial charge in [0.25, 0.3) is 0 Å². The largest absolute Gasteiger partial charge is 0.493 e. The van der Waals surface area contributed by atoms with Crippen molar-refractivity contribution in [3.63, 3.8) is 0 Å². The lowest BCUT2D eigenvalue weighted by Crippen LogP contribution is -2.22. The monoisotopic (exact) mass is 834 g/mol. The highest BCUT2D eigenvalue weighted by atomic mass is 19.4. The maximum absolute atomic E-state index is 14.6. The molecule has 0 aliphatic carbocycles. The highest BCUT2D eigenvalue weighted by Crippen LogP contribution is 2.38. The average molecular weight is 835 g/mol. The Bertz CT molecular complexity index is 1880. The van der Waals surface area contributed by atoms with E-state index in [1.54, 1.807) is 0 Å². The van der Waals surface area contributed by atoms with Gasteiger partial charge in [-0.1, -0.05) is 64.2 Å². The molecule has 4 aromatic carbocycles. The summed E-state index contributed by atoms with van der Waals surface area (Å²) in [6.45, 7) is 1.83. The molecule has 0 radical (unpaired) electrons. The second kappa shape index (κ2) is 21.6. The van der Waals surface area contributed by atoms with Gasteiger partial charge in [0.2, 0.25) is 0 Å². The zero-order valence-electron chi connectivity index (χ0n) is 32.0. The third-order valence-corrected chi connectivity index (χ3v) is 10.0. The van der Waals surface area contributed by atoms with Gasteiger partial charge in [-0.2, -0.15) is 26.3 Å². The van der Waals surface area contributed by atoms with Crippen LogP contribution in [0.1, 0.15) is 101 Å². The molecule has 1 atom stereocenters. The van der Waals surface area contributed by atoms with E-state index in [9.17, 15) is 52.7 Å². The van der Waals surface area contributed by atoms with Gasteiger partial charge in [-0.3, -0.25) is 0 Å². The van der Waals surface area contributed by atoms with Gasteiger partial charge in [0.05, 0.1) is 19.1 Å². The first-order valence-electron chi connectivity index (χ1n) is 19.4. The fraction of sp³-hybridized carbons (Fsp3) is 0.455. The number of benzene rings is 4. The molecule has 0 N–H and O–H groups in total. The predicted molar refractivity (Wildman–Crippen MR) is 198 cm³/mol. The molecule has 0 aromatic heterocycles. The van der Waals surface area contributed by atoms with Gasteiger partial charge in [0.15, 0.2) is 0 Å². The standard InChI is InChI=1S/C44H46F12O2/c1-28-36(45)22-29(23-37(28)46)34-18-16-32(26-38(34)47)57-20-12-8-4-2-6-10-14-31(43(51,52)53)15-11-7-3-5-9-13-21-58-33-17-19-35(39(48)27-33)30-24-40(49)42(41(50)25-30)44(54,55)56/h16-19,22-27,31H,2-15,20-21H2,1H3. The summed E-state index contributed by atoms with van der Waals surface area (Å²) in [6, 6.07) is 10.5. The third kappa shape index (κ3) is 13.9. The minimum Gasteiger partial charge on any atom is -0.493 e. The molecule has 58 heavy (non-hydrogen) atoms. The summed E-state index contributed by atoms with van der Waals surface area (Å²) in [4.78, 5) is 0. The quantitative estimate of drug-likeness (QED) is 0.0580. The minimum atomic E-state index is -5.24. The minimum absolute atomic E-state index is 0.0488. The van der Waals surface area contributed by atoms with Crippen LogP contribution in [0.5, 0.6) is 11.5 Å². The maximum atomic E-state index is 14.6. The highest BCUT2D eigenvalue weighted by molar-refractivity contribution is 5.66. The van der Waals surface area contributed by atoms with E-state index in [-0.39, 0.29) is 53.2 Å². The van der Waals surface area contributed by atoms with Crippen molar-refractivity contribution in [2.24, 2.45) is 5.92 Å². The molecular weight excluding hydrogens is 788 g/mol. The Morgan fingerprint density at radius 2 is 0.810 bits per heavy atom. The first-order valence-corrected chi connectivity index (χ1v) is 19.4. The molecule has 0 bridgehead atoms. The number of unbranched alkanes of at least 4 members (excludes halogenated alkanes) is 10. The molecule has 1 unspecified atom stereocenters. The van der Waals surface area contributed by atoms with Crippen LogP contribution in [-0.4, -0.2) is 19.4 Å². The summed E-state index contributed by atoms with van der Waals surface area (Å²) in [5, 5.41) is 0. The lowest BCUT2D eigenvalue weighted by atomic mass is 9.93. The number of ether oxygens (including phenoxy) is 2. The van der Waals surface area contributed by atoms with Gasteiger partial charge in [-0.05, 0) is 92.3 Å². The van der Waals surface area contributed by atoms with Crippen molar-refractivity contribution in [1.82, 2.24) is 0 Å². The molecule has 0 fully saturated rings. The lowest BCUT2D eigenvalue weighted by molar-refractivity contribution is -0.178. The summed E-state index contributed by atoms with van der Waals surface area (Å²) in [5.41, 5.74) is -2.76. The molecule has 318 valence electrons. The Hall–Kier alpha value is -4.36. The Morgan fingerprint density at radius 3 is 1.17 bits per heavy atom. The van der Waals surface area contributed by atoms with Crippen molar-refractivity contribution in [3.05, 3.63) is 107 Å². The first-order chi connectivity index (χ1) is 27.5. The van der Waals surface area contributed by atoms with Crippen molar-refractivity contribution in [2.45, 2.75) is 109 Å². The summed E-state index contributed by atoms with van der Waals surface area (Å²) < 4.78 is 176. The molecule has 0 heterocycles. The van der Waals surface area contributed by atoms with Crippen LogP contribution in [0, 0.1) is 47.7 Å². The molecule has 2 nitrogen and oxygen atoms in total. The Labute approximate surface area is 330 Å². The molecule has 0 spiro atoms. The van der Waals surface area contributed by atoms with Crippen LogP contribution in [0.2, 0.25) is 0 Å². The zero-order chi connectivity index (χ0) is 42.5. The van der Waals surface area contributed by atoms with Crippen LogP contribution in [0.15, 0.2) is 60.7 Å². The van der Waals surface area contributed by atoms with E-state index in [0.29, 0.717) is 57.3 Å². The van der Waals surface area contributed by atoms with Crippen molar-refractivity contribution < 1.29 is 62.2 Å². The van der Waals surface area contributed by atoms with Gasteiger partial charge in [-0.15, -0.1) is 0 Å². The highest BCUT2D eigenvalue weighted by Gasteiger charge is 2.39. The zero-order valence-corrected chi connectivity index (χ0v) is 32.0. The topological polar surface area (TPSA) is 18.5 Å². The summed E-state index contributed by atoms with van der Waals surface area (Å²) >= 11 is 0. The van der Waals surface area contributed by atoms with Crippen LogP contribution >= 0.6 is 0 Å². The Kier molecular flexibility index (Phi) is 17.2. The lowest BCUT2D eigenvalue weighted by Gasteiger charge is -2.20. The van der Waals surface area contributed by atoms with Gasteiger partial charge in [0.1, 0.15) is 52.0 Å². The van der Waals surface area contributed by atoms with E-state index >= 15 is 0 Å². The van der Waals surface area contributed by atoms with Crippen molar-refractivity contribution in [3.8, 4) is 33.8 Å².